The minimum atomic E-state index is 0.109. The number of anilines is 1. The van der Waals surface area contributed by atoms with Gasteiger partial charge in [0.2, 0.25) is 0 Å². The van der Waals surface area contributed by atoms with Gasteiger partial charge in [0.05, 0.1) is 23.1 Å². The van der Waals surface area contributed by atoms with Gasteiger partial charge in [0.25, 0.3) is 5.91 Å². The summed E-state index contributed by atoms with van der Waals surface area (Å²) in [6.45, 7) is 7.15. The zero-order valence-corrected chi connectivity index (χ0v) is 13.1. The summed E-state index contributed by atoms with van der Waals surface area (Å²) < 4.78 is 0. The molecule has 1 fully saturated rings. The standard InChI is InChI=1S/C15H18N4OS/c1-11-3-4-16-9-13(11)18-5-7-19(8-6-18)15(20)14-12(2)17-10-21-14/h3-4,9-10H,5-8H2,1-2H3. The lowest BCUT2D eigenvalue weighted by Crippen LogP contribution is -2.49. The van der Waals surface area contributed by atoms with Crippen LogP contribution in [0.25, 0.3) is 0 Å². The van der Waals surface area contributed by atoms with Crippen LogP contribution in [0.1, 0.15) is 20.9 Å². The number of piperazine rings is 1. The van der Waals surface area contributed by atoms with E-state index < -0.39 is 0 Å². The van der Waals surface area contributed by atoms with Gasteiger partial charge in [-0.15, -0.1) is 11.3 Å². The van der Waals surface area contributed by atoms with Crippen LogP contribution in [0.4, 0.5) is 5.69 Å². The molecule has 110 valence electrons. The molecule has 2 aromatic rings. The Balaban J connectivity index is 1.67. The van der Waals surface area contributed by atoms with E-state index in [9.17, 15) is 4.79 Å². The molecule has 5 nitrogen and oxygen atoms in total. The molecule has 0 bridgehead atoms. The van der Waals surface area contributed by atoms with E-state index in [-0.39, 0.29) is 5.91 Å². The molecule has 0 spiro atoms. The molecule has 0 N–H and O–H groups in total. The van der Waals surface area contributed by atoms with E-state index in [1.807, 2.05) is 30.3 Å². The van der Waals surface area contributed by atoms with E-state index in [1.54, 1.807) is 5.51 Å². The first-order valence-corrected chi connectivity index (χ1v) is 7.89. The third-order valence-electron chi connectivity index (χ3n) is 3.86. The van der Waals surface area contributed by atoms with Crippen molar-refractivity contribution < 1.29 is 4.79 Å². The normalized spacial score (nSPS) is 15.3. The largest absolute Gasteiger partial charge is 0.367 e. The number of thiazole rings is 1. The first-order valence-electron chi connectivity index (χ1n) is 7.01. The molecule has 3 heterocycles. The molecule has 2 aromatic heterocycles. The van der Waals surface area contributed by atoms with Gasteiger partial charge in [-0.25, -0.2) is 4.98 Å². The van der Waals surface area contributed by atoms with E-state index in [1.165, 1.54) is 22.6 Å². The zero-order valence-electron chi connectivity index (χ0n) is 12.2. The van der Waals surface area contributed by atoms with Crippen LogP contribution in [0, 0.1) is 13.8 Å². The van der Waals surface area contributed by atoms with Crippen LogP contribution >= 0.6 is 11.3 Å². The molecule has 0 aliphatic carbocycles. The van der Waals surface area contributed by atoms with Crippen molar-refractivity contribution >= 4 is 22.9 Å². The van der Waals surface area contributed by atoms with Crippen LogP contribution in [0.5, 0.6) is 0 Å². The number of aromatic nitrogens is 2. The van der Waals surface area contributed by atoms with Crippen molar-refractivity contribution in [3.05, 3.63) is 40.1 Å². The zero-order chi connectivity index (χ0) is 14.8. The maximum absolute atomic E-state index is 12.5. The summed E-state index contributed by atoms with van der Waals surface area (Å²) in [4.78, 5) is 25.8. The minimum Gasteiger partial charge on any atom is -0.367 e. The number of carbonyl (C=O) groups excluding carboxylic acids is 1. The molecule has 1 amide bonds. The van der Waals surface area contributed by atoms with E-state index >= 15 is 0 Å². The third-order valence-corrected chi connectivity index (χ3v) is 4.78. The molecule has 0 saturated carbocycles. The van der Waals surface area contributed by atoms with Crippen molar-refractivity contribution in [2.75, 3.05) is 31.1 Å². The second-order valence-electron chi connectivity index (χ2n) is 5.21. The van der Waals surface area contributed by atoms with Gasteiger partial charge in [-0.1, -0.05) is 0 Å². The summed E-state index contributed by atoms with van der Waals surface area (Å²) in [5.74, 6) is 0.109. The number of hydrogen-bond acceptors (Lipinski definition) is 5. The summed E-state index contributed by atoms with van der Waals surface area (Å²) in [7, 11) is 0. The van der Waals surface area contributed by atoms with Crippen LogP contribution in [0.2, 0.25) is 0 Å². The molecule has 1 saturated heterocycles. The Morgan fingerprint density at radius 2 is 2.00 bits per heavy atom. The molecule has 1 aliphatic heterocycles. The highest BCUT2D eigenvalue weighted by atomic mass is 32.1. The first kappa shape index (κ1) is 14.0. The molecular weight excluding hydrogens is 284 g/mol. The minimum absolute atomic E-state index is 0.109. The lowest BCUT2D eigenvalue weighted by Gasteiger charge is -2.36. The Kier molecular flexibility index (Phi) is 3.88. The van der Waals surface area contributed by atoms with Gasteiger partial charge in [0.15, 0.2) is 0 Å². The van der Waals surface area contributed by atoms with Gasteiger partial charge in [-0.2, -0.15) is 0 Å². The maximum atomic E-state index is 12.5. The fourth-order valence-corrected chi connectivity index (χ4v) is 3.36. The highest BCUT2D eigenvalue weighted by Crippen LogP contribution is 2.21. The predicted molar refractivity (Wildman–Crippen MR) is 83.9 cm³/mol. The summed E-state index contributed by atoms with van der Waals surface area (Å²) in [5.41, 5.74) is 4.95. The Bertz CT molecular complexity index is 647. The topological polar surface area (TPSA) is 49.3 Å². The van der Waals surface area contributed by atoms with Crippen molar-refractivity contribution in [3.63, 3.8) is 0 Å². The lowest BCUT2D eigenvalue weighted by atomic mass is 10.2. The summed E-state index contributed by atoms with van der Waals surface area (Å²) in [6.07, 6.45) is 3.71. The number of hydrogen-bond donors (Lipinski definition) is 0. The molecule has 0 atom stereocenters. The predicted octanol–water partition coefficient (Wildman–Crippen LogP) is 2.12. The van der Waals surface area contributed by atoms with E-state index in [0.29, 0.717) is 0 Å². The van der Waals surface area contributed by atoms with Gasteiger partial charge in [0, 0.05) is 32.4 Å². The van der Waals surface area contributed by atoms with E-state index in [0.717, 1.165) is 36.8 Å². The fourth-order valence-electron chi connectivity index (χ4n) is 2.59. The molecule has 0 aromatic carbocycles. The van der Waals surface area contributed by atoms with E-state index in [4.69, 9.17) is 0 Å². The smallest absolute Gasteiger partial charge is 0.265 e. The molecule has 6 heteroatoms. The van der Waals surface area contributed by atoms with Gasteiger partial charge in [-0.3, -0.25) is 9.78 Å². The summed E-state index contributed by atoms with van der Waals surface area (Å²) >= 11 is 1.43. The maximum Gasteiger partial charge on any atom is 0.265 e. The van der Waals surface area contributed by atoms with Gasteiger partial charge in [0.1, 0.15) is 4.88 Å². The highest BCUT2D eigenvalue weighted by Gasteiger charge is 2.24. The Hall–Kier alpha value is -1.95. The molecule has 0 unspecified atom stereocenters. The van der Waals surface area contributed by atoms with Crippen LogP contribution < -0.4 is 4.90 Å². The van der Waals surface area contributed by atoms with Crippen LogP contribution in [-0.2, 0) is 0 Å². The molecule has 3 rings (SSSR count). The number of amides is 1. The molecular formula is C15H18N4OS. The van der Waals surface area contributed by atoms with Gasteiger partial charge >= 0.3 is 0 Å². The van der Waals surface area contributed by atoms with Crippen molar-refractivity contribution in [2.24, 2.45) is 0 Å². The average Bonchev–Trinajstić information content (AvgIpc) is 2.93. The second-order valence-corrected chi connectivity index (χ2v) is 6.06. The SMILES string of the molecule is Cc1ccncc1N1CCN(C(=O)c2scnc2C)CC1. The van der Waals surface area contributed by atoms with Crippen LogP contribution in [0.15, 0.2) is 24.0 Å². The Morgan fingerprint density at radius 1 is 1.24 bits per heavy atom. The fraction of sp³-hybridized carbons (Fsp3) is 0.400. The average molecular weight is 302 g/mol. The Morgan fingerprint density at radius 3 is 2.62 bits per heavy atom. The number of carbonyl (C=O) groups is 1. The van der Waals surface area contributed by atoms with Crippen molar-refractivity contribution in [1.29, 1.82) is 0 Å². The molecule has 1 aliphatic rings. The van der Waals surface area contributed by atoms with Crippen molar-refractivity contribution in [1.82, 2.24) is 14.9 Å². The number of rotatable bonds is 2. The van der Waals surface area contributed by atoms with Crippen LogP contribution in [-0.4, -0.2) is 47.0 Å². The summed E-state index contributed by atoms with van der Waals surface area (Å²) in [6, 6.07) is 2.02. The molecule has 21 heavy (non-hydrogen) atoms. The quantitative estimate of drug-likeness (QED) is 0.852. The lowest BCUT2D eigenvalue weighted by molar-refractivity contribution is 0.0750. The van der Waals surface area contributed by atoms with E-state index in [2.05, 4.69) is 21.8 Å². The number of pyridine rings is 1. The second kappa shape index (κ2) is 5.81. The summed E-state index contributed by atoms with van der Waals surface area (Å²) in [5, 5.41) is 0. The van der Waals surface area contributed by atoms with Crippen molar-refractivity contribution in [2.45, 2.75) is 13.8 Å². The van der Waals surface area contributed by atoms with Gasteiger partial charge in [-0.05, 0) is 25.5 Å². The number of aryl methyl sites for hydroxylation is 2. The highest BCUT2D eigenvalue weighted by molar-refractivity contribution is 7.11. The molecule has 0 radical (unpaired) electrons. The van der Waals surface area contributed by atoms with Crippen molar-refractivity contribution in [3.8, 4) is 0 Å². The first-order chi connectivity index (χ1) is 10.2. The Labute approximate surface area is 128 Å². The monoisotopic (exact) mass is 302 g/mol. The van der Waals surface area contributed by atoms with Gasteiger partial charge < -0.3 is 9.80 Å². The number of nitrogens with zero attached hydrogens (tertiary/aromatic N) is 4. The third kappa shape index (κ3) is 2.76. The van der Waals surface area contributed by atoms with Crippen LogP contribution in [0.3, 0.4) is 0 Å².